The molecule has 1 aromatic carbocycles. The van der Waals surface area contributed by atoms with E-state index >= 15 is 0 Å². The second-order valence-electron chi connectivity index (χ2n) is 3.86. The maximum atomic E-state index is 5.99. The maximum Gasteiger partial charge on any atom is 0.0548 e. The molecule has 0 aliphatic heterocycles. The average Bonchev–Trinajstić information content (AvgIpc) is 2.11. The quantitative estimate of drug-likeness (QED) is 0.896. The molecule has 78 valence electrons. The van der Waals surface area contributed by atoms with Crippen molar-refractivity contribution in [2.24, 2.45) is 11.7 Å². The van der Waals surface area contributed by atoms with Gasteiger partial charge in [0.25, 0.3) is 0 Å². The second kappa shape index (κ2) is 5.15. The summed E-state index contributed by atoms with van der Waals surface area (Å²) in [6, 6.07) is 6.16. The summed E-state index contributed by atoms with van der Waals surface area (Å²) < 4.78 is 0.938. The standard InChI is InChI=1S/C11H15BrClN/c1-7(2)11(14)6-8-3-4-10(13)9(12)5-8/h3-5,7,11H,6,14H2,1-2H3. The Morgan fingerprint density at radius 2 is 2.07 bits per heavy atom. The molecule has 0 saturated heterocycles. The predicted octanol–water partition coefficient (Wildman–Crippen LogP) is 3.63. The van der Waals surface area contributed by atoms with E-state index in [0.29, 0.717) is 5.92 Å². The van der Waals surface area contributed by atoms with Crippen molar-refractivity contribution in [3.8, 4) is 0 Å². The van der Waals surface area contributed by atoms with Crippen molar-refractivity contribution in [2.45, 2.75) is 26.3 Å². The van der Waals surface area contributed by atoms with Crippen LogP contribution >= 0.6 is 27.5 Å². The normalized spacial score (nSPS) is 13.3. The first-order chi connectivity index (χ1) is 6.50. The number of rotatable bonds is 3. The van der Waals surface area contributed by atoms with Crippen LogP contribution in [0.4, 0.5) is 0 Å². The molecule has 0 aliphatic carbocycles. The Kier molecular flexibility index (Phi) is 4.42. The Morgan fingerprint density at radius 1 is 1.43 bits per heavy atom. The molecule has 0 radical (unpaired) electrons. The molecular formula is C11H15BrClN. The van der Waals surface area contributed by atoms with Crippen LogP contribution in [0.15, 0.2) is 22.7 Å². The Morgan fingerprint density at radius 3 is 2.57 bits per heavy atom. The fraction of sp³-hybridized carbons (Fsp3) is 0.455. The molecule has 1 atom stereocenters. The summed E-state index contributed by atoms with van der Waals surface area (Å²) in [5.74, 6) is 0.504. The summed E-state index contributed by atoms with van der Waals surface area (Å²) in [7, 11) is 0. The molecule has 1 nitrogen and oxygen atoms in total. The van der Waals surface area contributed by atoms with Gasteiger partial charge in [0.15, 0.2) is 0 Å². The minimum absolute atomic E-state index is 0.211. The van der Waals surface area contributed by atoms with E-state index in [4.69, 9.17) is 17.3 Å². The average molecular weight is 277 g/mol. The lowest BCUT2D eigenvalue weighted by molar-refractivity contribution is 0.490. The monoisotopic (exact) mass is 275 g/mol. The lowest BCUT2D eigenvalue weighted by Crippen LogP contribution is -2.28. The van der Waals surface area contributed by atoms with Crippen molar-refractivity contribution >= 4 is 27.5 Å². The fourth-order valence-electron chi connectivity index (χ4n) is 1.17. The van der Waals surface area contributed by atoms with E-state index in [1.165, 1.54) is 5.56 Å². The third-order valence-electron chi connectivity index (χ3n) is 2.31. The van der Waals surface area contributed by atoms with Gasteiger partial charge in [0, 0.05) is 10.5 Å². The number of halogens is 2. The third-order valence-corrected chi connectivity index (χ3v) is 3.53. The number of nitrogens with two attached hydrogens (primary N) is 1. The molecule has 3 heteroatoms. The van der Waals surface area contributed by atoms with Gasteiger partial charge < -0.3 is 5.73 Å². The van der Waals surface area contributed by atoms with Crippen LogP contribution in [0.5, 0.6) is 0 Å². The minimum atomic E-state index is 0.211. The van der Waals surface area contributed by atoms with Gasteiger partial charge in [-0.15, -0.1) is 0 Å². The predicted molar refractivity (Wildman–Crippen MR) is 65.7 cm³/mol. The van der Waals surface area contributed by atoms with Crippen LogP contribution in [-0.4, -0.2) is 6.04 Å². The summed E-state index contributed by atoms with van der Waals surface area (Å²) in [6.45, 7) is 4.27. The van der Waals surface area contributed by atoms with Gasteiger partial charge in [-0.3, -0.25) is 0 Å². The summed E-state index contributed by atoms with van der Waals surface area (Å²) >= 11 is 9.30. The number of benzene rings is 1. The van der Waals surface area contributed by atoms with Crippen molar-refractivity contribution in [1.29, 1.82) is 0 Å². The fourth-order valence-corrected chi connectivity index (χ4v) is 1.72. The van der Waals surface area contributed by atoms with Gasteiger partial charge in [-0.1, -0.05) is 31.5 Å². The molecule has 0 fully saturated rings. The van der Waals surface area contributed by atoms with Crippen molar-refractivity contribution in [2.75, 3.05) is 0 Å². The van der Waals surface area contributed by atoms with Gasteiger partial charge in [-0.25, -0.2) is 0 Å². The highest BCUT2D eigenvalue weighted by Gasteiger charge is 2.09. The van der Waals surface area contributed by atoms with Crippen molar-refractivity contribution in [1.82, 2.24) is 0 Å². The summed E-state index contributed by atoms with van der Waals surface area (Å²) in [5.41, 5.74) is 7.21. The van der Waals surface area contributed by atoms with Gasteiger partial charge in [-0.05, 0) is 46.0 Å². The smallest absolute Gasteiger partial charge is 0.0548 e. The molecule has 0 spiro atoms. The SMILES string of the molecule is CC(C)C(N)Cc1ccc(Cl)c(Br)c1. The van der Waals surface area contributed by atoms with Gasteiger partial charge in [0.05, 0.1) is 5.02 Å². The highest BCUT2D eigenvalue weighted by molar-refractivity contribution is 9.10. The zero-order valence-electron chi connectivity index (χ0n) is 8.43. The highest BCUT2D eigenvalue weighted by atomic mass is 79.9. The Hall–Kier alpha value is -0.0500. The van der Waals surface area contributed by atoms with Gasteiger partial charge in [-0.2, -0.15) is 0 Å². The zero-order valence-corrected chi connectivity index (χ0v) is 10.8. The zero-order chi connectivity index (χ0) is 10.7. The Balaban J connectivity index is 2.73. The molecule has 1 unspecified atom stereocenters. The molecule has 1 aromatic rings. The molecule has 1 rings (SSSR count). The molecule has 0 aliphatic rings. The van der Waals surface area contributed by atoms with Crippen LogP contribution in [0.3, 0.4) is 0 Å². The topological polar surface area (TPSA) is 26.0 Å². The summed E-state index contributed by atoms with van der Waals surface area (Å²) in [5, 5.41) is 0.742. The van der Waals surface area contributed by atoms with E-state index in [1.807, 2.05) is 18.2 Å². The van der Waals surface area contributed by atoms with Crippen LogP contribution in [0.1, 0.15) is 19.4 Å². The molecule has 0 heterocycles. The first-order valence-corrected chi connectivity index (χ1v) is 5.87. The third kappa shape index (κ3) is 3.26. The van der Waals surface area contributed by atoms with Crippen molar-refractivity contribution in [3.05, 3.63) is 33.3 Å². The van der Waals surface area contributed by atoms with E-state index < -0.39 is 0 Å². The Bertz CT molecular complexity index is 312. The molecule has 0 amide bonds. The van der Waals surface area contributed by atoms with Crippen LogP contribution in [0.2, 0.25) is 5.02 Å². The van der Waals surface area contributed by atoms with Crippen LogP contribution in [0.25, 0.3) is 0 Å². The molecule has 2 N–H and O–H groups in total. The van der Waals surface area contributed by atoms with Gasteiger partial charge >= 0.3 is 0 Å². The molecule has 0 bridgehead atoms. The number of hydrogen-bond donors (Lipinski definition) is 1. The van der Waals surface area contributed by atoms with Crippen molar-refractivity contribution < 1.29 is 0 Å². The Labute approximate surface area is 98.8 Å². The summed E-state index contributed by atoms with van der Waals surface area (Å²) in [6.07, 6.45) is 0.896. The van der Waals surface area contributed by atoms with Crippen molar-refractivity contribution in [3.63, 3.8) is 0 Å². The number of hydrogen-bond acceptors (Lipinski definition) is 1. The molecule has 0 aromatic heterocycles. The van der Waals surface area contributed by atoms with E-state index in [-0.39, 0.29) is 6.04 Å². The van der Waals surface area contributed by atoms with E-state index in [0.717, 1.165) is 15.9 Å². The molecule has 14 heavy (non-hydrogen) atoms. The van der Waals surface area contributed by atoms with Crippen LogP contribution in [-0.2, 0) is 6.42 Å². The largest absolute Gasteiger partial charge is 0.327 e. The van der Waals surface area contributed by atoms with Gasteiger partial charge in [0.1, 0.15) is 0 Å². The van der Waals surface area contributed by atoms with Crippen LogP contribution < -0.4 is 5.73 Å². The van der Waals surface area contributed by atoms with E-state index in [9.17, 15) is 0 Å². The van der Waals surface area contributed by atoms with Crippen LogP contribution in [0, 0.1) is 5.92 Å². The minimum Gasteiger partial charge on any atom is -0.327 e. The maximum absolute atomic E-state index is 5.99. The first-order valence-electron chi connectivity index (χ1n) is 4.70. The first kappa shape index (κ1) is 12.0. The van der Waals surface area contributed by atoms with E-state index in [2.05, 4.69) is 29.8 Å². The van der Waals surface area contributed by atoms with Gasteiger partial charge in [0.2, 0.25) is 0 Å². The highest BCUT2D eigenvalue weighted by Crippen LogP contribution is 2.24. The lowest BCUT2D eigenvalue weighted by Gasteiger charge is -2.15. The molecule has 0 saturated carbocycles. The second-order valence-corrected chi connectivity index (χ2v) is 5.12. The lowest BCUT2D eigenvalue weighted by atomic mass is 9.97. The van der Waals surface area contributed by atoms with E-state index in [1.54, 1.807) is 0 Å². The molecular weight excluding hydrogens is 261 g/mol. The summed E-state index contributed by atoms with van der Waals surface area (Å²) in [4.78, 5) is 0.